The topological polar surface area (TPSA) is 89.3 Å². The third-order valence-electron chi connectivity index (χ3n) is 3.65. The van der Waals surface area contributed by atoms with E-state index in [4.69, 9.17) is 5.73 Å². The van der Waals surface area contributed by atoms with Crippen molar-refractivity contribution in [2.75, 3.05) is 11.1 Å². The van der Waals surface area contributed by atoms with E-state index in [9.17, 15) is 13.2 Å². The van der Waals surface area contributed by atoms with Crippen LogP contribution in [0.2, 0.25) is 0 Å². The van der Waals surface area contributed by atoms with Crippen LogP contribution in [0.25, 0.3) is 0 Å². The number of sulfone groups is 1. The molecule has 0 saturated carbocycles. The van der Waals surface area contributed by atoms with Crippen molar-refractivity contribution < 1.29 is 13.2 Å². The van der Waals surface area contributed by atoms with Crippen molar-refractivity contribution in [3.63, 3.8) is 0 Å². The maximum Gasteiger partial charge on any atom is 0.242 e. The van der Waals surface area contributed by atoms with E-state index in [0.717, 1.165) is 5.56 Å². The van der Waals surface area contributed by atoms with Crippen LogP contribution < -0.4 is 11.1 Å². The fourth-order valence-electron chi connectivity index (χ4n) is 2.37. The zero-order valence-corrected chi connectivity index (χ0v) is 12.3. The van der Waals surface area contributed by atoms with Gasteiger partial charge in [-0.05, 0) is 30.9 Å². The Bertz CT molecular complexity index is 598. The lowest BCUT2D eigenvalue weighted by atomic mass is 10.1. The van der Waals surface area contributed by atoms with Crippen molar-refractivity contribution in [1.82, 2.24) is 0 Å². The highest BCUT2D eigenvalue weighted by Gasteiger charge is 2.35. The molecule has 5 nitrogen and oxygen atoms in total. The molecule has 1 aliphatic heterocycles. The molecule has 1 aliphatic rings. The Morgan fingerprint density at radius 3 is 2.80 bits per heavy atom. The first kappa shape index (κ1) is 15.0. The predicted molar refractivity (Wildman–Crippen MR) is 79.2 cm³/mol. The highest BCUT2D eigenvalue weighted by molar-refractivity contribution is 7.92. The van der Waals surface area contributed by atoms with Crippen LogP contribution in [0.4, 0.5) is 5.69 Å². The van der Waals surface area contributed by atoms with Gasteiger partial charge in [0, 0.05) is 11.7 Å². The summed E-state index contributed by atoms with van der Waals surface area (Å²) < 4.78 is 24.7. The van der Waals surface area contributed by atoms with E-state index in [-0.39, 0.29) is 5.75 Å². The number of carbonyl (C=O) groups is 1. The van der Waals surface area contributed by atoms with Gasteiger partial charge in [0.15, 0.2) is 9.84 Å². The molecule has 1 aromatic carbocycles. The van der Waals surface area contributed by atoms with Crippen LogP contribution >= 0.6 is 0 Å². The van der Waals surface area contributed by atoms with Crippen molar-refractivity contribution in [1.29, 1.82) is 0 Å². The first-order chi connectivity index (χ1) is 9.44. The molecule has 2 unspecified atom stereocenters. The number of benzene rings is 1. The molecule has 20 heavy (non-hydrogen) atoms. The van der Waals surface area contributed by atoms with Crippen molar-refractivity contribution in [2.45, 2.75) is 37.5 Å². The number of rotatable bonds is 4. The molecular formula is C14H20N2O3S. The molecule has 110 valence electrons. The lowest BCUT2D eigenvalue weighted by molar-refractivity contribution is -0.115. The average Bonchev–Trinajstić information content (AvgIpc) is 2.56. The Kier molecular flexibility index (Phi) is 4.45. The normalized spacial score (nSPS) is 20.7. The fourth-order valence-corrected chi connectivity index (χ4v) is 4.29. The van der Waals surface area contributed by atoms with Gasteiger partial charge in [0.1, 0.15) is 5.25 Å². The van der Waals surface area contributed by atoms with Gasteiger partial charge in [-0.1, -0.05) is 25.1 Å². The van der Waals surface area contributed by atoms with Gasteiger partial charge in [-0.15, -0.1) is 0 Å². The molecule has 3 N–H and O–H groups in total. The largest absolute Gasteiger partial charge is 0.327 e. The minimum absolute atomic E-state index is 0.141. The molecule has 0 radical (unpaired) electrons. The molecule has 0 bridgehead atoms. The Balaban J connectivity index is 2.22. The van der Waals surface area contributed by atoms with Gasteiger partial charge in [-0.2, -0.15) is 0 Å². The first-order valence-corrected chi connectivity index (χ1v) is 8.51. The number of hydrogen-bond acceptors (Lipinski definition) is 4. The number of nitrogens with one attached hydrogen (secondary N) is 1. The molecule has 0 saturated heterocycles. The molecular weight excluding hydrogens is 276 g/mol. The third kappa shape index (κ3) is 3.19. The Labute approximate surface area is 119 Å². The van der Waals surface area contributed by atoms with E-state index in [0.29, 0.717) is 24.9 Å². The van der Waals surface area contributed by atoms with Gasteiger partial charge in [-0.25, -0.2) is 8.42 Å². The number of hydrogen-bond donors (Lipinski definition) is 2. The second-order valence-electron chi connectivity index (χ2n) is 5.17. The molecule has 0 aromatic heterocycles. The zero-order valence-electron chi connectivity index (χ0n) is 11.5. The smallest absolute Gasteiger partial charge is 0.242 e. The van der Waals surface area contributed by atoms with Gasteiger partial charge in [0.2, 0.25) is 5.91 Å². The second kappa shape index (κ2) is 5.93. The van der Waals surface area contributed by atoms with E-state index in [1.54, 1.807) is 6.07 Å². The number of anilines is 1. The molecule has 1 heterocycles. The van der Waals surface area contributed by atoms with E-state index in [2.05, 4.69) is 5.32 Å². The highest BCUT2D eigenvalue weighted by Crippen LogP contribution is 2.24. The number of para-hydroxylation sites is 1. The number of aryl methyl sites for hydroxylation is 1. The molecule has 0 spiro atoms. The lowest BCUT2D eigenvalue weighted by Gasteiger charge is -2.16. The number of carbonyl (C=O) groups excluding carboxylic acids is 1. The first-order valence-electron chi connectivity index (χ1n) is 6.80. The summed E-state index contributed by atoms with van der Waals surface area (Å²) in [5.41, 5.74) is 7.40. The summed E-state index contributed by atoms with van der Waals surface area (Å²) in [5.74, 6) is -0.587. The minimum Gasteiger partial charge on any atom is -0.327 e. The Morgan fingerprint density at radius 2 is 2.10 bits per heavy atom. The average molecular weight is 296 g/mol. The van der Waals surface area contributed by atoms with Crippen LogP contribution in [0.3, 0.4) is 0 Å². The van der Waals surface area contributed by atoms with E-state index < -0.39 is 27.0 Å². The van der Waals surface area contributed by atoms with Gasteiger partial charge in [0.25, 0.3) is 0 Å². The molecule has 1 amide bonds. The quantitative estimate of drug-likeness (QED) is 0.870. The van der Waals surface area contributed by atoms with E-state index in [1.807, 2.05) is 25.1 Å². The summed E-state index contributed by atoms with van der Waals surface area (Å²) in [4.78, 5) is 12.2. The monoisotopic (exact) mass is 296 g/mol. The third-order valence-corrected chi connectivity index (χ3v) is 5.86. The Hall–Kier alpha value is -1.40. The molecule has 2 atom stereocenters. The standard InChI is InChI=1S/C14H20N2O3S/c1-2-11(15)9-20(18,19)13-8-7-10-5-3-4-6-12(10)16-14(13)17/h3-6,11,13H,2,7-9,15H2,1H3,(H,16,17). The molecule has 2 rings (SSSR count). The van der Waals surface area contributed by atoms with Gasteiger partial charge < -0.3 is 11.1 Å². The van der Waals surface area contributed by atoms with Gasteiger partial charge in [-0.3, -0.25) is 4.79 Å². The van der Waals surface area contributed by atoms with Crippen molar-refractivity contribution in [3.8, 4) is 0 Å². The van der Waals surface area contributed by atoms with Crippen molar-refractivity contribution in [2.24, 2.45) is 5.73 Å². The summed E-state index contributed by atoms with van der Waals surface area (Å²) in [6.45, 7) is 1.84. The van der Waals surface area contributed by atoms with Crippen molar-refractivity contribution in [3.05, 3.63) is 29.8 Å². The van der Waals surface area contributed by atoms with E-state index in [1.165, 1.54) is 0 Å². The SMILES string of the molecule is CCC(N)CS(=O)(=O)C1CCc2ccccc2NC1=O. The second-order valence-corrected chi connectivity index (χ2v) is 7.40. The molecule has 6 heteroatoms. The van der Waals surface area contributed by atoms with Crippen LogP contribution in [0.5, 0.6) is 0 Å². The molecule has 1 aromatic rings. The lowest BCUT2D eigenvalue weighted by Crippen LogP contribution is -2.40. The zero-order chi connectivity index (χ0) is 14.8. The minimum atomic E-state index is -3.52. The fraction of sp³-hybridized carbons (Fsp3) is 0.500. The van der Waals surface area contributed by atoms with Crippen LogP contribution in [0.1, 0.15) is 25.3 Å². The van der Waals surface area contributed by atoms with Crippen LogP contribution in [-0.2, 0) is 21.1 Å². The predicted octanol–water partition coefficient (Wildman–Crippen LogP) is 1.09. The number of amides is 1. The van der Waals surface area contributed by atoms with E-state index >= 15 is 0 Å². The van der Waals surface area contributed by atoms with Gasteiger partial charge in [0.05, 0.1) is 5.75 Å². The molecule has 0 aliphatic carbocycles. The molecule has 0 fully saturated rings. The highest BCUT2D eigenvalue weighted by atomic mass is 32.2. The van der Waals surface area contributed by atoms with Gasteiger partial charge >= 0.3 is 0 Å². The number of fused-ring (bicyclic) bond motifs is 1. The Morgan fingerprint density at radius 1 is 1.40 bits per heavy atom. The maximum absolute atomic E-state index is 12.3. The van der Waals surface area contributed by atoms with Crippen LogP contribution in [-0.4, -0.2) is 31.4 Å². The van der Waals surface area contributed by atoms with Crippen molar-refractivity contribution >= 4 is 21.4 Å². The van der Waals surface area contributed by atoms with Crippen LogP contribution in [0, 0.1) is 0 Å². The summed E-state index contributed by atoms with van der Waals surface area (Å²) in [6.07, 6.45) is 1.45. The van der Waals surface area contributed by atoms with Crippen LogP contribution in [0.15, 0.2) is 24.3 Å². The summed E-state index contributed by atoms with van der Waals surface area (Å²) >= 11 is 0. The maximum atomic E-state index is 12.3. The number of nitrogens with two attached hydrogens (primary N) is 1. The summed E-state index contributed by atoms with van der Waals surface area (Å²) in [5, 5.41) is 1.70. The summed E-state index contributed by atoms with van der Waals surface area (Å²) in [6, 6.07) is 6.98. The summed E-state index contributed by atoms with van der Waals surface area (Å²) in [7, 11) is -3.52.